The highest BCUT2D eigenvalue weighted by Crippen LogP contribution is 2.28. The van der Waals surface area contributed by atoms with Crippen molar-refractivity contribution in [2.45, 2.75) is 18.3 Å². The van der Waals surface area contributed by atoms with Gasteiger partial charge in [-0.3, -0.25) is 4.79 Å². The van der Waals surface area contributed by atoms with E-state index in [9.17, 15) is 4.79 Å². The molecule has 8 heteroatoms. The number of nitrogens with one attached hydrogen (secondary N) is 1. The highest BCUT2D eigenvalue weighted by Gasteiger charge is 2.09. The normalized spacial score (nSPS) is 10.5. The van der Waals surface area contributed by atoms with Crippen LogP contribution in [0.2, 0.25) is 0 Å². The van der Waals surface area contributed by atoms with Gasteiger partial charge in [0.2, 0.25) is 5.91 Å². The maximum absolute atomic E-state index is 12.1. The number of thioether (sulfide) groups is 1. The summed E-state index contributed by atoms with van der Waals surface area (Å²) in [4.78, 5) is 12.1. The molecule has 0 bridgehead atoms. The summed E-state index contributed by atoms with van der Waals surface area (Å²) in [6.45, 7) is 0.875. The van der Waals surface area contributed by atoms with Crippen molar-refractivity contribution >= 4 is 17.7 Å². The second-order valence-corrected chi connectivity index (χ2v) is 6.99. The molecule has 0 aliphatic heterocycles. The number of methoxy groups -OCH3 is 1. The second-order valence-electron chi connectivity index (χ2n) is 6.05. The van der Waals surface area contributed by atoms with E-state index in [1.165, 1.54) is 11.8 Å². The molecule has 0 radical (unpaired) electrons. The lowest BCUT2D eigenvalue weighted by Gasteiger charge is -2.13. The molecule has 0 aliphatic rings. The monoisotopic (exact) mass is 398 g/mol. The Morgan fingerprint density at radius 3 is 2.68 bits per heavy atom. The molecule has 1 N–H and O–H groups in total. The predicted molar refractivity (Wildman–Crippen MR) is 107 cm³/mol. The molecule has 3 aromatic rings. The fraction of sp³-hybridized carbons (Fsp3) is 0.250. The molecule has 2 aromatic carbocycles. The molecule has 146 valence electrons. The first-order chi connectivity index (χ1) is 13.7. The number of nitrogens with zero attached hydrogens (tertiary/aromatic N) is 3. The van der Waals surface area contributed by atoms with Crippen molar-refractivity contribution in [3.63, 3.8) is 0 Å². The molecule has 0 saturated heterocycles. The summed E-state index contributed by atoms with van der Waals surface area (Å²) >= 11 is 1.34. The Labute approximate surface area is 168 Å². The van der Waals surface area contributed by atoms with E-state index < -0.39 is 0 Å². The molecule has 0 unspecified atom stereocenters. The van der Waals surface area contributed by atoms with Gasteiger partial charge in [0.15, 0.2) is 16.7 Å². The van der Waals surface area contributed by atoms with E-state index in [0.717, 1.165) is 11.1 Å². The van der Waals surface area contributed by atoms with Crippen LogP contribution in [0, 0.1) is 0 Å². The average Bonchev–Trinajstić information content (AvgIpc) is 3.15. The number of ether oxygens (including phenoxy) is 2. The average molecular weight is 398 g/mol. The molecule has 0 fully saturated rings. The highest BCUT2D eigenvalue weighted by molar-refractivity contribution is 7.99. The molecule has 28 heavy (non-hydrogen) atoms. The van der Waals surface area contributed by atoms with Crippen molar-refractivity contribution in [1.29, 1.82) is 0 Å². The molecule has 0 aliphatic carbocycles. The Balaban J connectivity index is 1.51. The Morgan fingerprint density at radius 1 is 1.14 bits per heavy atom. The fourth-order valence-electron chi connectivity index (χ4n) is 2.46. The Kier molecular flexibility index (Phi) is 6.91. The number of rotatable bonds is 9. The predicted octanol–water partition coefficient (Wildman–Crippen LogP) is 2.81. The summed E-state index contributed by atoms with van der Waals surface area (Å²) in [6.07, 6.45) is 1.61. The number of carbonyl (C=O) groups is 1. The third-order valence-electron chi connectivity index (χ3n) is 3.96. The number of aryl methyl sites for hydroxylation is 1. The Bertz CT molecular complexity index is 915. The summed E-state index contributed by atoms with van der Waals surface area (Å²) < 4.78 is 13.1. The van der Waals surface area contributed by atoms with Crippen LogP contribution in [0.3, 0.4) is 0 Å². The van der Waals surface area contributed by atoms with Gasteiger partial charge in [-0.15, -0.1) is 10.2 Å². The van der Waals surface area contributed by atoms with Gasteiger partial charge in [0.1, 0.15) is 12.9 Å². The van der Waals surface area contributed by atoms with E-state index >= 15 is 0 Å². The minimum Gasteiger partial charge on any atom is -0.493 e. The zero-order valence-electron chi connectivity index (χ0n) is 15.8. The van der Waals surface area contributed by atoms with Crippen LogP contribution in [0.25, 0.3) is 0 Å². The van der Waals surface area contributed by atoms with E-state index in [1.807, 2.05) is 55.6 Å². The largest absolute Gasteiger partial charge is 0.493 e. The molecule has 3 rings (SSSR count). The number of amides is 1. The molecular formula is C20H22N4O3S. The van der Waals surface area contributed by atoms with E-state index in [-0.39, 0.29) is 11.7 Å². The van der Waals surface area contributed by atoms with Crippen LogP contribution in [0.15, 0.2) is 60.0 Å². The first-order valence-corrected chi connectivity index (χ1v) is 9.71. The quantitative estimate of drug-likeness (QED) is 0.559. The van der Waals surface area contributed by atoms with E-state index in [0.29, 0.717) is 29.8 Å². The molecule has 7 nitrogen and oxygen atoms in total. The Morgan fingerprint density at radius 2 is 1.96 bits per heavy atom. The minimum atomic E-state index is -0.0728. The van der Waals surface area contributed by atoms with Gasteiger partial charge < -0.3 is 19.4 Å². The standard InChI is InChI=1S/C20H22N4O3S/c1-24-14-22-23-20(24)28-13-19(25)21-11-16-8-9-17(18(10-16)26-2)27-12-15-6-4-3-5-7-15/h3-10,14H,11-13H2,1-2H3,(H,21,25). The number of benzene rings is 2. The molecule has 1 aromatic heterocycles. The molecule has 0 saturated carbocycles. The summed E-state index contributed by atoms with van der Waals surface area (Å²) in [5.41, 5.74) is 2.02. The maximum Gasteiger partial charge on any atom is 0.230 e. The zero-order valence-corrected chi connectivity index (χ0v) is 16.6. The van der Waals surface area contributed by atoms with Gasteiger partial charge in [0.05, 0.1) is 12.9 Å². The smallest absolute Gasteiger partial charge is 0.230 e. The lowest BCUT2D eigenvalue weighted by atomic mass is 10.2. The second kappa shape index (κ2) is 9.80. The molecular weight excluding hydrogens is 376 g/mol. The van der Waals surface area contributed by atoms with Gasteiger partial charge in [0, 0.05) is 13.6 Å². The lowest BCUT2D eigenvalue weighted by Crippen LogP contribution is -2.24. The number of carbonyl (C=O) groups excluding carboxylic acids is 1. The Hall–Kier alpha value is -3.00. The topological polar surface area (TPSA) is 78.3 Å². The van der Waals surface area contributed by atoms with E-state index in [2.05, 4.69) is 15.5 Å². The van der Waals surface area contributed by atoms with Crippen molar-refractivity contribution in [2.75, 3.05) is 12.9 Å². The van der Waals surface area contributed by atoms with E-state index in [4.69, 9.17) is 9.47 Å². The van der Waals surface area contributed by atoms with Crippen molar-refractivity contribution < 1.29 is 14.3 Å². The first-order valence-electron chi connectivity index (χ1n) is 8.73. The van der Waals surface area contributed by atoms with E-state index in [1.54, 1.807) is 18.0 Å². The molecule has 1 amide bonds. The maximum atomic E-state index is 12.1. The van der Waals surface area contributed by atoms with Gasteiger partial charge >= 0.3 is 0 Å². The SMILES string of the molecule is COc1cc(CNC(=O)CSc2nncn2C)ccc1OCc1ccccc1. The molecule has 1 heterocycles. The van der Waals surface area contributed by atoms with Crippen LogP contribution < -0.4 is 14.8 Å². The summed E-state index contributed by atoms with van der Waals surface area (Å²) in [6, 6.07) is 15.6. The van der Waals surface area contributed by atoms with Gasteiger partial charge in [-0.05, 0) is 23.3 Å². The first kappa shape index (κ1) is 19.8. The number of aromatic nitrogens is 3. The fourth-order valence-corrected chi connectivity index (χ4v) is 3.18. The van der Waals surface area contributed by atoms with Crippen LogP contribution >= 0.6 is 11.8 Å². The minimum absolute atomic E-state index is 0.0728. The number of hydrogen-bond acceptors (Lipinski definition) is 6. The van der Waals surface area contributed by atoms with Crippen molar-refractivity contribution in [3.8, 4) is 11.5 Å². The summed E-state index contributed by atoms with van der Waals surface area (Å²) in [7, 11) is 3.44. The van der Waals surface area contributed by atoms with Crippen molar-refractivity contribution in [1.82, 2.24) is 20.1 Å². The number of hydrogen-bond donors (Lipinski definition) is 1. The molecule has 0 spiro atoms. The highest BCUT2D eigenvalue weighted by atomic mass is 32.2. The zero-order chi connectivity index (χ0) is 19.8. The van der Waals surface area contributed by atoms with Crippen LogP contribution in [0.1, 0.15) is 11.1 Å². The van der Waals surface area contributed by atoms with Crippen LogP contribution in [0.5, 0.6) is 11.5 Å². The van der Waals surface area contributed by atoms with Gasteiger partial charge in [-0.2, -0.15) is 0 Å². The third kappa shape index (κ3) is 5.50. The van der Waals surface area contributed by atoms with Crippen LogP contribution in [-0.4, -0.2) is 33.5 Å². The lowest BCUT2D eigenvalue weighted by molar-refractivity contribution is -0.118. The van der Waals surface area contributed by atoms with Gasteiger partial charge in [0.25, 0.3) is 0 Å². The van der Waals surface area contributed by atoms with Crippen molar-refractivity contribution in [3.05, 3.63) is 66.0 Å². The summed E-state index contributed by atoms with van der Waals surface area (Å²) in [5, 5.41) is 11.3. The van der Waals surface area contributed by atoms with Gasteiger partial charge in [-0.1, -0.05) is 48.2 Å². The summed E-state index contributed by atoms with van der Waals surface area (Å²) in [5.74, 6) is 1.51. The van der Waals surface area contributed by atoms with Crippen LogP contribution in [-0.2, 0) is 25.0 Å². The van der Waals surface area contributed by atoms with Crippen molar-refractivity contribution in [2.24, 2.45) is 7.05 Å². The third-order valence-corrected chi connectivity index (χ3v) is 4.99. The van der Waals surface area contributed by atoms with Gasteiger partial charge in [-0.25, -0.2) is 0 Å². The van der Waals surface area contributed by atoms with Crippen LogP contribution in [0.4, 0.5) is 0 Å². The molecule has 0 atom stereocenters.